The van der Waals surface area contributed by atoms with Crippen LogP contribution in [0.15, 0.2) is 53.0 Å². The minimum absolute atomic E-state index is 0.261. The fourth-order valence-electron chi connectivity index (χ4n) is 2.19. The number of benzene rings is 2. The molecule has 0 aliphatic rings. The Morgan fingerprint density at radius 3 is 2.48 bits per heavy atom. The topological polar surface area (TPSA) is 61.8 Å². The van der Waals surface area contributed by atoms with Crippen molar-refractivity contribution in [2.24, 2.45) is 0 Å². The lowest BCUT2D eigenvalue weighted by molar-refractivity contribution is -0.136. The van der Waals surface area contributed by atoms with Gasteiger partial charge in [0.25, 0.3) is 0 Å². The van der Waals surface area contributed by atoms with Gasteiger partial charge in [-0.3, -0.25) is 4.79 Å². The zero-order chi connectivity index (χ0) is 19.6. The Hall–Kier alpha value is -2.60. The van der Waals surface area contributed by atoms with Gasteiger partial charge in [0, 0.05) is 16.1 Å². The number of carbonyl (C=O) groups is 2. The lowest BCUT2D eigenvalue weighted by Crippen LogP contribution is -2.12. The van der Waals surface area contributed by atoms with Gasteiger partial charge in [-0.05, 0) is 42.3 Å². The molecule has 0 aliphatic heterocycles. The van der Waals surface area contributed by atoms with Crippen molar-refractivity contribution in [1.29, 1.82) is 0 Å². The summed E-state index contributed by atoms with van der Waals surface area (Å²) in [6.07, 6.45) is 3.77. The monoisotopic (exact) mass is 432 g/mol. The van der Waals surface area contributed by atoms with E-state index in [2.05, 4.69) is 15.9 Å². The number of rotatable bonds is 9. The van der Waals surface area contributed by atoms with Crippen LogP contribution in [0.5, 0.6) is 11.5 Å². The highest BCUT2D eigenvalue weighted by molar-refractivity contribution is 9.10. The number of hydrogen-bond donors (Lipinski definition) is 0. The average molecular weight is 433 g/mol. The Bertz CT molecular complexity index is 812. The smallest absolute Gasteiger partial charge is 0.331 e. The van der Waals surface area contributed by atoms with Crippen molar-refractivity contribution < 1.29 is 23.8 Å². The van der Waals surface area contributed by atoms with Crippen molar-refractivity contribution in [2.45, 2.75) is 13.3 Å². The van der Waals surface area contributed by atoms with E-state index in [0.717, 1.165) is 16.5 Å². The van der Waals surface area contributed by atoms with E-state index < -0.39 is 5.97 Å². The highest BCUT2D eigenvalue weighted by Gasteiger charge is 2.09. The van der Waals surface area contributed by atoms with Crippen LogP contribution in [0.1, 0.15) is 29.3 Å². The van der Waals surface area contributed by atoms with Gasteiger partial charge >= 0.3 is 5.97 Å². The third-order valence-electron chi connectivity index (χ3n) is 3.57. The van der Waals surface area contributed by atoms with Crippen LogP contribution in [-0.4, -0.2) is 32.1 Å². The number of carbonyl (C=O) groups excluding carboxylic acids is 2. The molecule has 2 rings (SSSR count). The molecule has 27 heavy (non-hydrogen) atoms. The molecule has 0 heterocycles. The van der Waals surface area contributed by atoms with Gasteiger partial charge in [-0.2, -0.15) is 0 Å². The molecule has 0 aliphatic carbocycles. The number of halogens is 1. The second-order valence-electron chi connectivity index (χ2n) is 5.63. The van der Waals surface area contributed by atoms with Crippen LogP contribution in [0, 0.1) is 0 Å². The van der Waals surface area contributed by atoms with E-state index in [1.54, 1.807) is 49.6 Å². The Balaban J connectivity index is 1.92. The van der Waals surface area contributed by atoms with Gasteiger partial charge in [-0.15, -0.1) is 0 Å². The zero-order valence-corrected chi connectivity index (χ0v) is 16.8. The molecule has 2 aromatic rings. The number of Topliss-reactive ketones (excluding diaryl/α,β-unsaturated/α-hetero) is 1. The maximum atomic E-state index is 12.0. The fourth-order valence-corrected chi connectivity index (χ4v) is 2.45. The molecule has 0 aromatic heterocycles. The van der Waals surface area contributed by atoms with E-state index in [1.807, 2.05) is 13.0 Å². The summed E-state index contributed by atoms with van der Waals surface area (Å²) in [5, 5.41) is 0. The van der Waals surface area contributed by atoms with Crippen molar-refractivity contribution >= 4 is 33.8 Å². The van der Waals surface area contributed by atoms with Gasteiger partial charge in [0.1, 0.15) is 0 Å². The number of ether oxygens (including phenoxy) is 3. The van der Waals surface area contributed by atoms with Gasteiger partial charge in [0.2, 0.25) is 0 Å². The minimum atomic E-state index is -0.592. The van der Waals surface area contributed by atoms with Gasteiger partial charge in [0.15, 0.2) is 23.9 Å². The van der Waals surface area contributed by atoms with Crippen molar-refractivity contribution in [1.82, 2.24) is 0 Å². The van der Waals surface area contributed by atoms with E-state index >= 15 is 0 Å². The lowest BCUT2D eigenvalue weighted by Gasteiger charge is -2.10. The second kappa shape index (κ2) is 10.5. The molecular weight excluding hydrogens is 412 g/mol. The molecule has 142 valence electrons. The lowest BCUT2D eigenvalue weighted by atomic mass is 10.1. The summed E-state index contributed by atoms with van der Waals surface area (Å²) < 4.78 is 16.8. The molecule has 0 unspecified atom stereocenters. The fraction of sp³-hybridized carbons (Fsp3) is 0.238. The first-order valence-electron chi connectivity index (χ1n) is 8.48. The van der Waals surface area contributed by atoms with Crippen molar-refractivity contribution in [3.05, 3.63) is 64.1 Å². The van der Waals surface area contributed by atoms with Crippen LogP contribution in [-0.2, 0) is 9.53 Å². The Morgan fingerprint density at radius 2 is 1.81 bits per heavy atom. The largest absolute Gasteiger partial charge is 0.493 e. The van der Waals surface area contributed by atoms with Gasteiger partial charge < -0.3 is 14.2 Å². The summed E-state index contributed by atoms with van der Waals surface area (Å²) >= 11 is 3.30. The molecule has 0 saturated heterocycles. The Kier molecular flexibility index (Phi) is 8.07. The predicted octanol–water partition coefficient (Wildman–Crippen LogP) is 4.69. The van der Waals surface area contributed by atoms with Crippen LogP contribution in [0.4, 0.5) is 0 Å². The molecule has 0 spiro atoms. The SMILES string of the molecule is CCCOc1ccc(/C=C/C(=O)OCC(=O)c2ccc(Br)cc2)cc1OC. The minimum Gasteiger partial charge on any atom is -0.493 e. The Morgan fingerprint density at radius 1 is 1.07 bits per heavy atom. The molecule has 0 amide bonds. The van der Waals surface area contributed by atoms with E-state index in [9.17, 15) is 9.59 Å². The predicted molar refractivity (Wildman–Crippen MR) is 107 cm³/mol. The average Bonchev–Trinajstić information content (AvgIpc) is 2.69. The van der Waals surface area contributed by atoms with Crippen molar-refractivity contribution in [3.8, 4) is 11.5 Å². The third-order valence-corrected chi connectivity index (χ3v) is 4.10. The number of methoxy groups -OCH3 is 1. The van der Waals surface area contributed by atoms with Crippen molar-refractivity contribution in [2.75, 3.05) is 20.3 Å². The molecule has 0 N–H and O–H groups in total. The summed E-state index contributed by atoms with van der Waals surface area (Å²) in [7, 11) is 1.56. The molecule has 0 fully saturated rings. The molecule has 2 aromatic carbocycles. The number of hydrogen-bond acceptors (Lipinski definition) is 5. The molecule has 0 bridgehead atoms. The van der Waals surface area contributed by atoms with E-state index in [-0.39, 0.29) is 12.4 Å². The van der Waals surface area contributed by atoms with Crippen molar-refractivity contribution in [3.63, 3.8) is 0 Å². The van der Waals surface area contributed by atoms with E-state index in [0.29, 0.717) is 23.7 Å². The number of esters is 1. The van der Waals surface area contributed by atoms with Gasteiger partial charge in [0.05, 0.1) is 13.7 Å². The molecule has 5 nitrogen and oxygen atoms in total. The Labute approximate surface area is 167 Å². The van der Waals surface area contributed by atoms with Crippen LogP contribution in [0.25, 0.3) is 6.08 Å². The van der Waals surface area contributed by atoms with Gasteiger partial charge in [-0.1, -0.05) is 41.1 Å². The van der Waals surface area contributed by atoms with Crippen LogP contribution >= 0.6 is 15.9 Å². The number of ketones is 1. The quantitative estimate of drug-likeness (QED) is 0.326. The summed E-state index contributed by atoms with van der Waals surface area (Å²) in [6, 6.07) is 12.2. The molecule has 0 saturated carbocycles. The first-order chi connectivity index (χ1) is 13.0. The summed E-state index contributed by atoms with van der Waals surface area (Å²) in [4.78, 5) is 23.8. The highest BCUT2D eigenvalue weighted by Crippen LogP contribution is 2.28. The van der Waals surface area contributed by atoms with Crippen LogP contribution in [0.2, 0.25) is 0 Å². The maximum Gasteiger partial charge on any atom is 0.331 e. The third kappa shape index (κ3) is 6.57. The summed E-state index contributed by atoms with van der Waals surface area (Å²) in [5.41, 5.74) is 1.24. The zero-order valence-electron chi connectivity index (χ0n) is 15.2. The summed E-state index contributed by atoms with van der Waals surface area (Å²) in [6.45, 7) is 2.32. The van der Waals surface area contributed by atoms with Gasteiger partial charge in [-0.25, -0.2) is 4.79 Å². The molecule has 0 radical (unpaired) electrons. The normalized spacial score (nSPS) is 10.6. The highest BCUT2D eigenvalue weighted by atomic mass is 79.9. The van der Waals surface area contributed by atoms with E-state index in [1.165, 1.54) is 6.08 Å². The van der Waals surface area contributed by atoms with Crippen LogP contribution in [0.3, 0.4) is 0 Å². The molecule has 0 atom stereocenters. The standard InChI is InChI=1S/C21H21BrO5/c1-3-12-26-19-10-4-15(13-20(19)25-2)5-11-21(24)27-14-18(23)16-6-8-17(22)9-7-16/h4-11,13H,3,12,14H2,1-2H3/b11-5+. The second-order valence-corrected chi connectivity index (χ2v) is 6.55. The molecular formula is C21H21BrO5. The first-order valence-corrected chi connectivity index (χ1v) is 9.27. The molecule has 6 heteroatoms. The maximum absolute atomic E-state index is 12.0. The summed E-state index contributed by atoms with van der Waals surface area (Å²) in [5.74, 6) is 0.387. The van der Waals surface area contributed by atoms with E-state index in [4.69, 9.17) is 14.2 Å². The first kappa shape index (κ1) is 20.7. The van der Waals surface area contributed by atoms with Crippen LogP contribution < -0.4 is 9.47 Å².